The molecule has 2 aromatic heterocycles. The number of nitrogens with one attached hydrogen (secondary N) is 1. The zero-order chi connectivity index (χ0) is 26.6. The van der Waals surface area contributed by atoms with Crippen LogP contribution in [-0.2, 0) is 32.0 Å². The Morgan fingerprint density at radius 3 is 2.18 bits per heavy atom. The predicted octanol–water partition coefficient (Wildman–Crippen LogP) is 5.69. The Morgan fingerprint density at radius 2 is 1.45 bits per heavy atom. The number of hydrogen-bond acceptors (Lipinski definition) is 5. The minimum Gasteiger partial charge on any atom is -0.466 e. The van der Waals surface area contributed by atoms with Crippen molar-refractivity contribution in [1.29, 1.82) is 0 Å². The number of aromatic amines is 1. The number of rotatable bonds is 9. The number of ether oxygens (including phenoxy) is 2. The van der Waals surface area contributed by atoms with Gasteiger partial charge < -0.3 is 19.0 Å². The van der Waals surface area contributed by atoms with Gasteiger partial charge in [-0.3, -0.25) is 9.59 Å². The third kappa shape index (κ3) is 4.59. The van der Waals surface area contributed by atoms with Crippen LogP contribution in [0.15, 0.2) is 78.9 Å². The van der Waals surface area contributed by atoms with Gasteiger partial charge in [0.1, 0.15) is 0 Å². The van der Waals surface area contributed by atoms with Gasteiger partial charge in [-0.25, -0.2) is 4.79 Å². The molecule has 0 fully saturated rings. The summed E-state index contributed by atoms with van der Waals surface area (Å²) in [7, 11) is 0. The van der Waals surface area contributed by atoms with Crippen molar-refractivity contribution in [2.45, 2.75) is 26.8 Å². The fraction of sp³-hybridized carbons (Fsp3) is 0.194. The minimum atomic E-state index is -0.917. The molecule has 7 nitrogen and oxygen atoms in total. The van der Waals surface area contributed by atoms with Gasteiger partial charge in [-0.1, -0.05) is 66.7 Å². The molecule has 0 atom stereocenters. The number of Topliss-reactive ketones (excluding diaryl/α,β-unsaturated/α-hetero) is 1. The molecule has 0 aliphatic heterocycles. The number of hydrogen-bond donors (Lipinski definition) is 1. The summed E-state index contributed by atoms with van der Waals surface area (Å²) >= 11 is 0. The van der Waals surface area contributed by atoms with Crippen LogP contribution >= 0.6 is 0 Å². The van der Waals surface area contributed by atoms with Crippen LogP contribution in [0.4, 0.5) is 0 Å². The number of esters is 2. The second kappa shape index (κ2) is 10.8. The lowest BCUT2D eigenvalue weighted by atomic mass is 10.00. The molecule has 0 saturated heterocycles. The number of fused-ring (bicyclic) bond motifs is 2. The highest BCUT2D eigenvalue weighted by atomic mass is 16.5. The third-order valence-electron chi connectivity index (χ3n) is 6.52. The van der Waals surface area contributed by atoms with Crippen molar-refractivity contribution in [1.82, 2.24) is 9.55 Å². The first kappa shape index (κ1) is 25.0. The van der Waals surface area contributed by atoms with E-state index in [4.69, 9.17) is 9.47 Å². The maximum atomic E-state index is 13.7. The molecular weight excluding hydrogens is 480 g/mol. The molecule has 0 unspecified atom stereocenters. The summed E-state index contributed by atoms with van der Waals surface area (Å²) in [6.45, 7) is 4.23. The van der Waals surface area contributed by atoms with Crippen molar-refractivity contribution >= 4 is 39.5 Å². The highest BCUT2D eigenvalue weighted by molar-refractivity contribution is 6.44. The van der Waals surface area contributed by atoms with E-state index in [1.165, 1.54) is 0 Å². The molecule has 0 aliphatic carbocycles. The van der Waals surface area contributed by atoms with E-state index < -0.39 is 11.8 Å². The monoisotopic (exact) mass is 508 g/mol. The summed E-state index contributed by atoms with van der Waals surface area (Å²) < 4.78 is 12.4. The van der Waals surface area contributed by atoms with Crippen LogP contribution in [0.1, 0.15) is 35.3 Å². The number of carbonyl (C=O) groups excluding carboxylic acids is 3. The lowest BCUT2D eigenvalue weighted by molar-refractivity contribution is -0.142. The number of ketones is 1. The standard InChI is InChI=1S/C31H28N2O5/c1-3-37-26(34)18-23-21-14-8-10-16-24(21)32-28(23)29-27(30(35)31(36)38-4-2)22-15-9-11-17-25(22)33(29)19-20-12-6-5-7-13-20/h5-17,32H,3-4,18-19H2,1-2H3. The van der Waals surface area contributed by atoms with Crippen molar-refractivity contribution in [2.24, 2.45) is 0 Å². The molecule has 0 radical (unpaired) electrons. The van der Waals surface area contributed by atoms with Crippen molar-refractivity contribution < 1.29 is 23.9 Å². The Labute approximate surface area is 220 Å². The average Bonchev–Trinajstić information content (AvgIpc) is 3.44. The Morgan fingerprint density at radius 1 is 0.789 bits per heavy atom. The SMILES string of the molecule is CCOC(=O)Cc1c(-c2c(C(=O)C(=O)OCC)c3ccccc3n2Cc2ccccc2)[nH]c2ccccc12. The fourth-order valence-corrected chi connectivity index (χ4v) is 4.96. The van der Waals surface area contributed by atoms with Crippen molar-refractivity contribution in [3.05, 3.63) is 95.6 Å². The highest BCUT2D eigenvalue weighted by Gasteiger charge is 2.31. The van der Waals surface area contributed by atoms with Gasteiger partial charge in [0.15, 0.2) is 0 Å². The molecule has 7 heteroatoms. The topological polar surface area (TPSA) is 90.4 Å². The summed E-state index contributed by atoms with van der Waals surface area (Å²) in [6.07, 6.45) is 0.00703. The van der Waals surface area contributed by atoms with E-state index >= 15 is 0 Å². The van der Waals surface area contributed by atoms with E-state index in [0.29, 0.717) is 28.9 Å². The zero-order valence-electron chi connectivity index (χ0n) is 21.3. The van der Waals surface area contributed by atoms with Crippen molar-refractivity contribution in [3.8, 4) is 11.4 Å². The zero-order valence-corrected chi connectivity index (χ0v) is 21.3. The minimum absolute atomic E-state index is 0.00703. The van der Waals surface area contributed by atoms with E-state index in [9.17, 15) is 14.4 Å². The van der Waals surface area contributed by atoms with Gasteiger partial charge in [-0.2, -0.15) is 0 Å². The number of carbonyl (C=O) groups is 3. The number of H-pyrrole nitrogens is 1. The van der Waals surface area contributed by atoms with Crippen molar-refractivity contribution in [3.63, 3.8) is 0 Å². The van der Waals surface area contributed by atoms with Crippen LogP contribution in [0.2, 0.25) is 0 Å². The fourth-order valence-electron chi connectivity index (χ4n) is 4.96. The summed E-state index contributed by atoms with van der Waals surface area (Å²) in [6, 6.07) is 25.0. The van der Waals surface area contributed by atoms with Gasteiger partial charge >= 0.3 is 11.9 Å². The molecule has 5 rings (SSSR count). The first-order chi connectivity index (χ1) is 18.5. The molecule has 5 aromatic rings. The van der Waals surface area contributed by atoms with Gasteiger partial charge in [0, 0.05) is 28.4 Å². The van der Waals surface area contributed by atoms with Gasteiger partial charge in [0.2, 0.25) is 0 Å². The van der Waals surface area contributed by atoms with E-state index in [0.717, 1.165) is 22.0 Å². The Kier molecular flexibility index (Phi) is 7.09. The summed E-state index contributed by atoms with van der Waals surface area (Å²) in [5.41, 5.74) is 4.70. The van der Waals surface area contributed by atoms with Crippen LogP contribution in [0.5, 0.6) is 0 Å². The molecule has 0 aliphatic rings. The van der Waals surface area contributed by atoms with Crippen molar-refractivity contribution in [2.75, 3.05) is 13.2 Å². The predicted molar refractivity (Wildman–Crippen MR) is 146 cm³/mol. The number of benzene rings is 3. The molecule has 0 bridgehead atoms. The molecule has 0 spiro atoms. The lowest BCUT2D eigenvalue weighted by Gasteiger charge is -2.14. The Hall–Kier alpha value is -4.65. The number of para-hydroxylation sites is 2. The van der Waals surface area contributed by atoms with Crippen LogP contribution in [0.3, 0.4) is 0 Å². The number of aromatic nitrogens is 2. The van der Waals surface area contributed by atoms with Gasteiger partial charge in [-0.15, -0.1) is 0 Å². The van der Waals surface area contributed by atoms with Crippen LogP contribution in [-0.4, -0.2) is 40.5 Å². The second-order valence-corrected chi connectivity index (χ2v) is 8.87. The molecular formula is C31H28N2O5. The molecule has 0 saturated carbocycles. The molecule has 38 heavy (non-hydrogen) atoms. The van der Waals surface area contributed by atoms with Crippen LogP contribution in [0.25, 0.3) is 33.2 Å². The van der Waals surface area contributed by atoms with Crippen LogP contribution in [0, 0.1) is 0 Å². The van der Waals surface area contributed by atoms with Gasteiger partial charge in [0.05, 0.1) is 36.6 Å². The van der Waals surface area contributed by atoms with Gasteiger partial charge in [-0.05, 0) is 37.1 Å². The smallest absolute Gasteiger partial charge is 0.379 e. The first-order valence-corrected chi connectivity index (χ1v) is 12.7. The first-order valence-electron chi connectivity index (χ1n) is 12.7. The maximum absolute atomic E-state index is 13.7. The average molecular weight is 509 g/mol. The summed E-state index contributed by atoms with van der Waals surface area (Å²) in [5.74, 6) is -2.02. The van der Waals surface area contributed by atoms with Gasteiger partial charge in [0.25, 0.3) is 5.78 Å². The lowest BCUT2D eigenvalue weighted by Crippen LogP contribution is -2.19. The molecule has 3 aromatic carbocycles. The molecule has 0 amide bonds. The number of nitrogens with zero attached hydrogens (tertiary/aromatic N) is 1. The Balaban J connectivity index is 1.85. The van der Waals surface area contributed by atoms with E-state index in [1.807, 2.05) is 83.4 Å². The largest absolute Gasteiger partial charge is 0.466 e. The summed E-state index contributed by atoms with van der Waals surface area (Å²) in [4.78, 5) is 42.6. The summed E-state index contributed by atoms with van der Waals surface area (Å²) in [5, 5.41) is 1.49. The normalized spacial score (nSPS) is 11.1. The van der Waals surface area contributed by atoms with E-state index in [-0.39, 0.29) is 31.2 Å². The molecule has 2 heterocycles. The second-order valence-electron chi connectivity index (χ2n) is 8.87. The third-order valence-corrected chi connectivity index (χ3v) is 6.52. The maximum Gasteiger partial charge on any atom is 0.379 e. The highest BCUT2D eigenvalue weighted by Crippen LogP contribution is 2.39. The van der Waals surface area contributed by atoms with Crippen LogP contribution < -0.4 is 0 Å². The Bertz CT molecular complexity index is 1650. The van der Waals surface area contributed by atoms with E-state index in [1.54, 1.807) is 13.8 Å². The van der Waals surface area contributed by atoms with E-state index in [2.05, 4.69) is 4.98 Å². The quantitative estimate of drug-likeness (QED) is 0.157. The molecule has 192 valence electrons. The molecule has 1 N–H and O–H groups in total.